The summed E-state index contributed by atoms with van der Waals surface area (Å²) in [6, 6.07) is 8.31. The van der Waals surface area contributed by atoms with E-state index < -0.39 is 5.97 Å². The number of hydrogen-bond donors (Lipinski definition) is 1. The highest BCUT2D eigenvalue weighted by molar-refractivity contribution is 7.17. The molecule has 0 radical (unpaired) electrons. The molecule has 0 saturated heterocycles. The maximum absolute atomic E-state index is 10.5. The van der Waals surface area contributed by atoms with Gasteiger partial charge < -0.3 is 10.0 Å². The molecule has 3 nitrogen and oxygen atoms in total. The van der Waals surface area contributed by atoms with Crippen LogP contribution in [0, 0.1) is 0 Å². The summed E-state index contributed by atoms with van der Waals surface area (Å²) in [4.78, 5) is 12.5. The van der Waals surface area contributed by atoms with E-state index in [1.807, 2.05) is 24.1 Å². The first-order chi connectivity index (χ1) is 8.16. The molecule has 18 heavy (non-hydrogen) atoms. The van der Waals surface area contributed by atoms with Crippen LogP contribution >= 0.6 is 23.7 Å². The number of carboxylic acids is 1. The van der Waals surface area contributed by atoms with Crippen molar-refractivity contribution in [1.29, 1.82) is 0 Å². The SMILES string of the molecule is CN(CCC(=O)O)Cc1csc2ccccc12.Cl. The molecule has 98 valence electrons. The first kappa shape index (κ1) is 15.0. The Morgan fingerprint density at radius 2 is 2.11 bits per heavy atom. The van der Waals surface area contributed by atoms with Crippen LogP contribution in [0.2, 0.25) is 0 Å². The van der Waals surface area contributed by atoms with Gasteiger partial charge in [0.25, 0.3) is 0 Å². The molecule has 0 atom stereocenters. The van der Waals surface area contributed by atoms with Crippen molar-refractivity contribution in [3.05, 3.63) is 35.2 Å². The lowest BCUT2D eigenvalue weighted by Gasteiger charge is -2.14. The quantitative estimate of drug-likeness (QED) is 0.917. The highest BCUT2D eigenvalue weighted by Gasteiger charge is 2.07. The fourth-order valence-corrected chi connectivity index (χ4v) is 2.77. The second kappa shape index (κ2) is 6.73. The minimum absolute atomic E-state index is 0. The minimum atomic E-state index is -0.743. The fraction of sp³-hybridized carbons (Fsp3) is 0.308. The van der Waals surface area contributed by atoms with Crippen molar-refractivity contribution < 1.29 is 9.90 Å². The van der Waals surface area contributed by atoms with Crippen LogP contribution in [0.15, 0.2) is 29.6 Å². The number of aliphatic carboxylic acids is 1. The Morgan fingerprint density at radius 1 is 1.39 bits per heavy atom. The van der Waals surface area contributed by atoms with E-state index in [4.69, 9.17) is 5.11 Å². The molecule has 0 aliphatic carbocycles. The van der Waals surface area contributed by atoms with Crippen LogP contribution in [0.1, 0.15) is 12.0 Å². The molecule has 1 heterocycles. The smallest absolute Gasteiger partial charge is 0.304 e. The zero-order valence-electron chi connectivity index (χ0n) is 10.1. The monoisotopic (exact) mass is 285 g/mol. The summed E-state index contributed by atoms with van der Waals surface area (Å²) in [6.45, 7) is 1.39. The lowest BCUT2D eigenvalue weighted by atomic mass is 10.1. The third kappa shape index (κ3) is 3.70. The van der Waals surface area contributed by atoms with E-state index >= 15 is 0 Å². The Labute approximate surface area is 116 Å². The van der Waals surface area contributed by atoms with Gasteiger partial charge in [-0.2, -0.15) is 0 Å². The van der Waals surface area contributed by atoms with E-state index in [2.05, 4.69) is 17.5 Å². The van der Waals surface area contributed by atoms with Gasteiger partial charge in [-0.15, -0.1) is 23.7 Å². The summed E-state index contributed by atoms with van der Waals surface area (Å²) in [5.41, 5.74) is 1.28. The minimum Gasteiger partial charge on any atom is -0.481 e. The van der Waals surface area contributed by atoms with E-state index in [0.717, 1.165) is 6.54 Å². The van der Waals surface area contributed by atoms with Gasteiger partial charge in [0.05, 0.1) is 6.42 Å². The molecular formula is C13H16ClNO2S. The Balaban J connectivity index is 0.00000162. The number of carboxylic acid groups (broad SMARTS) is 1. The van der Waals surface area contributed by atoms with E-state index in [9.17, 15) is 4.79 Å². The van der Waals surface area contributed by atoms with Gasteiger partial charge in [-0.05, 0) is 29.4 Å². The van der Waals surface area contributed by atoms with Crippen LogP contribution in [0.4, 0.5) is 0 Å². The molecule has 1 aromatic heterocycles. The first-order valence-corrected chi connectivity index (χ1v) is 6.40. The summed E-state index contributed by atoms with van der Waals surface area (Å²) in [6.07, 6.45) is 0.193. The first-order valence-electron chi connectivity index (χ1n) is 5.52. The van der Waals surface area contributed by atoms with Crippen LogP contribution in [0.25, 0.3) is 10.1 Å². The summed E-state index contributed by atoms with van der Waals surface area (Å²) >= 11 is 1.74. The molecule has 5 heteroatoms. The average Bonchev–Trinajstić information content (AvgIpc) is 2.70. The van der Waals surface area contributed by atoms with Gasteiger partial charge in [0.2, 0.25) is 0 Å². The Hall–Kier alpha value is -1.10. The highest BCUT2D eigenvalue weighted by Crippen LogP contribution is 2.26. The van der Waals surface area contributed by atoms with Crippen molar-refractivity contribution in [3.63, 3.8) is 0 Å². The zero-order valence-corrected chi connectivity index (χ0v) is 11.8. The second-order valence-corrected chi connectivity index (χ2v) is 5.05. The number of carbonyl (C=O) groups is 1. The number of rotatable bonds is 5. The lowest BCUT2D eigenvalue weighted by molar-refractivity contribution is -0.137. The van der Waals surface area contributed by atoms with Gasteiger partial charge in [-0.1, -0.05) is 18.2 Å². The van der Waals surface area contributed by atoms with Gasteiger partial charge in [0.15, 0.2) is 0 Å². The normalized spacial score (nSPS) is 10.6. The van der Waals surface area contributed by atoms with Crippen LogP contribution in [0.3, 0.4) is 0 Å². The number of halogens is 1. The van der Waals surface area contributed by atoms with Crippen LogP contribution in [-0.2, 0) is 11.3 Å². The Bertz CT molecular complexity index is 526. The Morgan fingerprint density at radius 3 is 2.83 bits per heavy atom. The summed E-state index contributed by atoms with van der Waals surface area (Å²) < 4.78 is 1.29. The molecule has 1 aromatic carbocycles. The fourth-order valence-electron chi connectivity index (χ4n) is 1.81. The van der Waals surface area contributed by atoms with Gasteiger partial charge in [-0.25, -0.2) is 0 Å². The molecule has 0 spiro atoms. The molecule has 2 rings (SSSR count). The summed E-state index contributed by atoms with van der Waals surface area (Å²) in [5.74, 6) is -0.743. The second-order valence-electron chi connectivity index (χ2n) is 4.14. The van der Waals surface area contributed by atoms with Crippen LogP contribution < -0.4 is 0 Å². The van der Waals surface area contributed by atoms with Gasteiger partial charge in [-0.3, -0.25) is 4.79 Å². The van der Waals surface area contributed by atoms with Crippen molar-refractivity contribution >= 4 is 39.8 Å². The van der Waals surface area contributed by atoms with Crippen molar-refractivity contribution in [2.24, 2.45) is 0 Å². The van der Waals surface area contributed by atoms with Crippen LogP contribution in [0.5, 0.6) is 0 Å². The molecule has 0 fully saturated rings. The molecule has 0 aliphatic heterocycles. The van der Waals surface area contributed by atoms with Gasteiger partial charge in [0, 0.05) is 17.8 Å². The predicted octanol–water partition coefficient (Wildman–Crippen LogP) is 3.23. The topological polar surface area (TPSA) is 40.5 Å². The Kier molecular flexibility index (Phi) is 5.59. The maximum atomic E-state index is 10.5. The maximum Gasteiger partial charge on any atom is 0.304 e. The standard InChI is InChI=1S/C13H15NO2S.ClH/c1-14(7-6-13(15)16)8-10-9-17-12-5-3-2-4-11(10)12;/h2-5,9H,6-8H2,1H3,(H,15,16);1H. The third-order valence-electron chi connectivity index (χ3n) is 2.71. The highest BCUT2D eigenvalue weighted by atomic mass is 35.5. The molecule has 0 amide bonds. The van der Waals surface area contributed by atoms with E-state index in [1.54, 1.807) is 11.3 Å². The summed E-state index contributed by atoms with van der Waals surface area (Å²) in [7, 11) is 1.95. The predicted molar refractivity (Wildman–Crippen MR) is 77.7 cm³/mol. The van der Waals surface area contributed by atoms with Crippen molar-refractivity contribution in [2.75, 3.05) is 13.6 Å². The molecule has 0 bridgehead atoms. The molecule has 1 N–H and O–H groups in total. The molecule has 0 aliphatic rings. The number of fused-ring (bicyclic) bond motifs is 1. The van der Waals surface area contributed by atoms with E-state index in [0.29, 0.717) is 6.54 Å². The van der Waals surface area contributed by atoms with Crippen molar-refractivity contribution in [2.45, 2.75) is 13.0 Å². The number of nitrogens with zero attached hydrogens (tertiary/aromatic N) is 1. The van der Waals surface area contributed by atoms with Crippen molar-refractivity contribution in [1.82, 2.24) is 4.90 Å². The molecule has 0 unspecified atom stereocenters. The lowest BCUT2D eigenvalue weighted by Crippen LogP contribution is -2.21. The average molecular weight is 286 g/mol. The molecule has 0 saturated carbocycles. The third-order valence-corrected chi connectivity index (χ3v) is 3.72. The number of thiophene rings is 1. The molecular weight excluding hydrogens is 270 g/mol. The van der Waals surface area contributed by atoms with Crippen LogP contribution in [-0.4, -0.2) is 29.6 Å². The van der Waals surface area contributed by atoms with Crippen molar-refractivity contribution in [3.8, 4) is 0 Å². The zero-order chi connectivity index (χ0) is 12.3. The summed E-state index contributed by atoms with van der Waals surface area (Å²) in [5, 5.41) is 12.1. The van der Waals surface area contributed by atoms with E-state index in [1.165, 1.54) is 15.6 Å². The molecule has 2 aromatic rings. The number of hydrogen-bond acceptors (Lipinski definition) is 3. The largest absolute Gasteiger partial charge is 0.481 e. The van der Waals surface area contributed by atoms with Gasteiger partial charge in [0.1, 0.15) is 0 Å². The number of benzene rings is 1. The van der Waals surface area contributed by atoms with E-state index in [-0.39, 0.29) is 18.8 Å². The van der Waals surface area contributed by atoms with Gasteiger partial charge >= 0.3 is 5.97 Å².